The molecule has 0 radical (unpaired) electrons. The Labute approximate surface area is 125 Å². The molecule has 1 saturated carbocycles. The van der Waals surface area contributed by atoms with Crippen LogP contribution in [0.15, 0.2) is 27.3 Å². The number of carboxylic acids is 1. The van der Waals surface area contributed by atoms with E-state index in [1.807, 2.05) is 0 Å². The van der Waals surface area contributed by atoms with Crippen LogP contribution in [0, 0.1) is 0 Å². The minimum absolute atomic E-state index is 0.0602. The van der Waals surface area contributed by atoms with Crippen LogP contribution in [0.5, 0.6) is 0 Å². The van der Waals surface area contributed by atoms with Gasteiger partial charge in [0.15, 0.2) is 5.76 Å². The van der Waals surface area contributed by atoms with Gasteiger partial charge in [-0.05, 0) is 25.0 Å². The van der Waals surface area contributed by atoms with E-state index < -0.39 is 5.97 Å². The van der Waals surface area contributed by atoms with E-state index in [9.17, 15) is 9.59 Å². The van der Waals surface area contributed by atoms with E-state index in [0.29, 0.717) is 17.5 Å². The second kappa shape index (κ2) is 6.00. The number of carboxylic acid groups (broad SMARTS) is 1. The number of furan rings is 1. The minimum atomic E-state index is -1.00. The van der Waals surface area contributed by atoms with Crippen LogP contribution in [0.25, 0.3) is 11.6 Å². The van der Waals surface area contributed by atoms with Crippen LogP contribution in [0.1, 0.15) is 25.2 Å². The molecule has 22 heavy (non-hydrogen) atoms. The highest BCUT2D eigenvalue weighted by molar-refractivity contribution is 5.82. The normalized spacial score (nSPS) is 14.0. The highest BCUT2D eigenvalue weighted by atomic mass is 16.5. The first-order valence-corrected chi connectivity index (χ1v) is 7.01. The summed E-state index contributed by atoms with van der Waals surface area (Å²) in [5.41, 5.74) is 0. The van der Waals surface area contributed by atoms with Crippen molar-refractivity contribution in [1.29, 1.82) is 0 Å². The van der Waals surface area contributed by atoms with Gasteiger partial charge in [-0.15, -0.1) is 0 Å². The summed E-state index contributed by atoms with van der Waals surface area (Å²) in [6.07, 6.45) is 3.65. The molecule has 2 aromatic heterocycles. The van der Waals surface area contributed by atoms with E-state index >= 15 is 0 Å². The molecular formula is C14H15N3O5. The molecule has 0 spiro atoms. The first-order valence-electron chi connectivity index (χ1n) is 7.01. The van der Waals surface area contributed by atoms with Gasteiger partial charge in [-0.3, -0.25) is 9.59 Å². The molecule has 8 heteroatoms. The number of aromatic nitrogens is 2. The second-order valence-corrected chi connectivity index (χ2v) is 5.14. The van der Waals surface area contributed by atoms with Crippen molar-refractivity contribution in [2.24, 2.45) is 0 Å². The summed E-state index contributed by atoms with van der Waals surface area (Å²) in [4.78, 5) is 28.5. The molecule has 0 unspecified atom stereocenters. The van der Waals surface area contributed by atoms with E-state index in [2.05, 4.69) is 10.1 Å². The summed E-state index contributed by atoms with van der Waals surface area (Å²) < 4.78 is 10.2. The Kier molecular flexibility index (Phi) is 3.90. The summed E-state index contributed by atoms with van der Waals surface area (Å²) in [6.45, 7) is -0.259. The van der Waals surface area contributed by atoms with E-state index in [-0.39, 0.29) is 31.3 Å². The van der Waals surface area contributed by atoms with E-state index in [1.54, 1.807) is 12.1 Å². The zero-order valence-corrected chi connectivity index (χ0v) is 11.8. The Morgan fingerprint density at radius 1 is 1.41 bits per heavy atom. The number of rotatable bonds is 7. The van der Waals surface area contributed by atoms with Crippen molar-refractivity contribution in [1.82, 2.24) is 15.0 Å². The van der Waals surface area contributed by atoms with E-state index in [4.69, 9.17) is 14.0 Å². The van der Waals surface area contributed by atoms with Crippen LogP contribution >= 0.6 is 0 Å². The molecule has 1 aliphatic carbocycles. The van der Waals surface area contributed by atoms with Crippen LogP contribution < -0.4 is 0 Å². The van der Waals surface area contributed by atoms with Crippen molar-refractivity contribution >= 4 is 11.9 Å². The van der Waals surface area contributed by atoms with Crippen LogP contribution in [0.4, 0.5) is 0 Å². The predicted octanol–water partition coefficient (Wildman–Crippen LogP) is 1.34. The summed E-state index contributed by atoms with van der Waals surface area (Å²) in [6, 6.07) is 3.49. The summed E-state index contributed by atoms with van der Waals surface area (Å²) in [7, 11) is 0. The van der Waals surface area contributed by atoms with Crippen LogP contribution in [-0.2, 0) is 16.0 Å². The van der Waals surface area contributed by atoms with Crippen LogP contribution in [0.2, 0.25) is 0 Å². The molecule has 116 valence electrons. The number of hydrogen-bond acceptors (Lipinski definition) is 6. The Morgan fingerprint density at radius 3 is 2.86 bits per heavy atom. The monoisotopic (exact) mass is 305 g/mol. The van der Waals surface area contributed by atoms with Crippen LogP contribution in [-0.4, -0.2) is 44.6 Å². The van der Waals surface area contributed by atoms with Gasteiger partial charge in [0.1, 0.15) is 6.54 Å². The molecule has 3 rings (SSSR count). The Morgan fingerprint density at radius 2 is 2.23 bits per heavy atom. The lowest BCUT2D eigenvalue weighted by atomic mass is 10.2. The first-order chi connectivity index (χ1) is 10.6. The fourth-order valence-electron chi connectivity index (χ4n) is 2.17. The van der Waals surface area contributed by atoms with Gasteiger partial charge in [-0.2, -0.15) is 4.98 Å². The molecule has 0 aliphatic heterocycles. The number of aliphatic carboxylic acids is 1. The van der Waals surface area contributed by atoms with Gasteiger partial charge < -0.3 is 18.9 Å². The largest absolute Gasteiger partial charge is 0.480 e. The molecular weight excluding hydrogens is 290 g/mol. The highest BCUT2D eigenvalue weighted by Crippen LogP contribution is 2.27. The lowest BCUT2D eigenvalue weighted by Crippen LogP contribution is -2.37. The van der Waals surface area contributed by atoms with Crippen molar-refractivity contribution < 1.29 is 23.6 Å². The molecule has 0 saturated heterocycles. The third-order valence-corrected chi connectivity index (χ3v) is 3.38. The molecule has 1 aliphatic rings. The number of aryl methyl sites for hydroxylation is 1. The van der Waals surface area contributed by atoms with Gasteiger partial charge in [-0.1, -0.05) is 5.16 Å². The number of hydrogen-bond donors (Lipinski definition) is 1. The smallest absolute Gasteiger partial charge is 0.323 e. The maximum Gasteiger partial charge on any atom is 0.323 e. The van der Waals surface area contributed by atoms with Crippen molar-refractivity contribution in [3.63, 3.8) is 0 Å². The standard InChI is InChI=1S/C14H15N3O5/c18-12(17(8-13(19)20)9-3-4-9)6-5-11-15-14(16-22-11)10-2-1-7-21-10/h1-2,7,9H,3-6,8H2,(H,19,20). The van der Waals surface area contributed by atoms with Crippen LogP contribution in [0.3, 0.4) is 0 Å². The highest BCUT2D eigenvalue weighted by Gasteiger charge is 2.33. The lowest BCUT2D eigenvalue weighted by molar-refractivity contribution is -0.144. The molecule has 1 amide bonds. The molecule has 8 nitrogen and oxygen atoms in total. The average Bonchev–Trinajstić information content (AvgIpc) is 3.00. The van der Waals surface area contributed by atoms with Gasteiger partial charge in [0.2, 0.25) is 17.6 Å². The first kappa shape index (κ1) is 14.3. The van der Waals surface area contributed by atoms with Gasteiger partial charge in [0.05, 0.1) is 6.26 Å². The van der Waals surface area contributed by atoms with Gasteiger partial charge in [0, 0.05) is 18.9 Å². The summed E-state index contributed by atoms with van der Waals surface area (Å²) >= 11 is 0. The Bertz CT molecular complexity index is 660. The maximum absolute atomic E-state index is 12.1. The molecule has 1 N–H and O–H groups in total. The second-order valence-electron chi connectivity index (χ2n) is 5.14. The zero-order valence-electron chi connectivity index (χ0n) is 11.8. The van der Waals surface area contributed by atoms with Gasteiger partial charge in [0.25, 0.3) is 0 Å². The van der Waals surface area contributed by atoms with Crippen molar-refractivity contribution in [2.75, 3.05) is 6.54 Å². The lowest BCUT2D eigenvalue weighted by Gasteiger charge is -2.19. The number of carbonyl (C=O) groups excluding carboxylic acids is 1. The van der Waals surface area contributed by atoms with Crippen molar-refractivity contribution in [3.8, 4) is 11.6 Å². The number of nitrogens with zero attached hydrogens (tertiary/aromatic N) is 3. The third-order valence-electron chi connectivity index (χ3n) is 3.38. The fourth-order valence-corrected chi connectivity index (χ4v) is 2.17. The zero-order chi connectivity index (χ0) is 15.5. The SMILES string of the molecule is O=C(O)CN(C(=O)CCc1nc(-c2ccco2)no1)C1CC1. The van der Waals surface area contributed by atoms with Crippen molar-refractivity contribution in [3.05, 3.63) is 24.3 Å². The molecule has 1 fully saturated rings. The summed E-state index contributed by atoms with van der Waals surface area (Å²) in [5, 5.41) is 12.6. The Hall–Kier alpha value is -2.64. The molecule has 2 heterocycles. The van der Waals surface area contributed by atoms with Crippen molar-refractivity contribution in [2.45, 2.75) is 31.7 Å². The fraction of sp³-hybridized carbons (Fsp3) is 0.429. The van der Waals surface area contributed by atoms with E-state index in [1.165, 1.54) is 11.2 Å². The topological polar surface area (TPSA) is 110 Å². The Balaban J connectivity index is 1.57. The quantitative estimate of drug-likeness (QED) is 0.821. The third kappa shape index (κ3) is 3.33. The molecule has 0 bridgehead atoms. The number of amides is 1. The average molecular weight is 305 g/mol. The molecule has 0 aromatic carbocycles. The minimum Gasteiger partial charge on any atom is -0.480 e. The summed E-state index contributed by atoms with van der Waals surface area (Å²) in [5.74, 6) is -0.0598. The maximum atomic E-state index is 12.1. The van der Waals surface area contributed by atoms with Gasteiger partial charge >= 0.3 is 5.97 Å². The molecule has 2 aromatic rings. The van der Waals surface area contributed by atoms with E-state index in [0.717, 1.165) is 12.8 Å². The molecule has 0 atom stereocenters. The number of carbonyl (C=O) groups is 2. The van der Waals surface area contributed by atoms with Gasteiger partial charge in [-0.25, -0.2) is 0 Å². The predicted molar refractivity (Wildman–Crippen MR) is 72.7 cm³/mol.